The van der Waals surface area contributed by atoms with E-state index in [2.05, 4.69) is 13.8 Å². The van der Waals surface area contributed by atoms with Gasteiger partial charge in [0.15, 0.2) is 6.10 Å². The van der Waals surface area contributed by atoms with Crippen LogP contribution in [0.25, 0.3) is 0 Å². The molecule has 164 valence electrons. The van der Waals surface area contributed by atoms with E-state index in [0.29, 0.717) is 50.9 Å². The number of piperazine rings is 1. The number of amides is 3. The molecular formula is C23H33N3O4. The summed E-state index contributed by atoms with van der Waals surface area (Å²) in [5.41, 5.74) is 2.42. The topological polar surface area (TPSA) is 70.2 Å². The van der Waals surface area contributed by atoms with Gasteiger partial charge in [-0.05, 0) is 55.9 Å². The molecule has 0 saturated carbocycles. The zero-order chi connectivity index (χ0) is 21.8. The SMILES string of the molecule is Cc1cc(OC(C)C(=O)N2CCN(C(=O)C(=O)N3CCCC3)CC2)ccc1C(C)C. The Morgan fingerprint density at radius 1 is 0.833 bits per heavy atom. The maximum Gasteiger partial charge on any atom is 0.312 e. The van der Waals surface area contributed by atoms with Crippen LogP contribution in [-0.2, 0) is 14.4 Å². The third-order valence-corrected chi connectivity index (χ3v) is 5.98. The van der Waals surface area contributed by atoms with Gasteiger partial charge in [0.05, 0.1) is 0 Å². The molecule has 1 atom stereocenters. The zero-order valence-corrected chi connectivity index (χ0v) is 18.5. The van der Waals surface area contributed by atoms with E-state index >= 15 is 0 Å². The van der Waals surface area contributed by atoms with Crippen molar-refractivity contribution in [1.82, 2.24) is 14.7 Å². The number of likely N-dealkylation sites (tertiary alicyclic amines) is 1. The average Bonchev–Trinajstić information content (AvgIpc) is 3.27. The Morgan fingerprint density at radius 2 is 1.37 bits per heavy atom. The van der Waals surface area contributed by atoms with Gasteiger partial charge in [-0.2, -0.15) is 0 Å². The van der Waals surface area contributed by atoms with Gasteiger partial charge in [-0.15, -0.1) is 0 Å². The molecule has 0 radical (unpaired) electrons. The van der Waals surface area contributed by atoms with Crippen LogP contribution in [0, 0.1) is 6.92 Å². The lowest BCUT2D eigenvalue weighted by molar-refractivity contribution is -0.153. The molecule has 1 aromatic rings. The Labute approximate surface area is 179 Å². The van der Waals surface area contributed by atoms with E-state index in [1.165, 1.54) is 5.56 Å². The molecule has 7 nitrogen and oxygen atoms in total. The lowest BCUT2D eigenvalue weighted by Gasteiger charge is -2.36. The molecule has 0 aliphatic carbocycles. The van der Waals surface area contributed by atoms with Gasteiger partial charge in [0.25, 0.3) is 5.91 Å². The first-order valence-corrected chi connectivity index (χ1v) is 10.9. The zero-order valence-electron chi connectivity index (χ0n) is 18.5. The summed E-state index contributed by atoms with van der Waals surface area (Å²) in [6.07, 6.45) is 1.31. The summed E-state index contributed by atoms with van der Waals surface area (Å²) in [5.74, 6) is 0.161. The van der Waals surface area contributed by atoms with Crippen molar-refractivity contribution in [3.05, 3.63) is 29.3 Å². The van der Waals surface area contributed by atoms with Crippen molar-refractivity contribution in [2.45, 2.75) is 52.6 Å². The second-order valence-electron chi connectivity index (χ2n) is 8.55. The molecule has 1 aromatic carbocycles. The molecule has 3 rings (SSSR count). The maximum atomic E-state index is 12.8. The Morgan fingerprint density at radius 3 is 1.90 bits per heavy atom. The van der Waals surface area contributed by atoms with Crippen molar-refractivity contribution in [3.8, 4) is 5.75 Å². The molecule has 1 unspecified atom stereocenters. The molecule has 2 aliphatic heterocycles. The average molecular weight is 416 g/mol. The van der Waals surface area contributed by atoms with Gasteiger partial charge in [0.2, 0.25) is 0 Å². The van der Waals surface area contributed by atoms with Crippen molar-refractivity contribution in [1.29, 1.82) is 0 Å². The summed E-state index contributed by atoms with van der Waals surface area (Å²) in [6, 6.07) is 5.93. The van der Waals surface area contributed by atoms with E-state index in [9.17, 15) is 14.4 Å². The smallest absolute Gasteiger partial charge is 0.312 e. The highest BCUT2D eigenvalue weighted by molar-refractivity contribution is 6.35. The lowest BCUT2D eigenvalue weighted by atomic mass is 9.98. The van der Waals surface area contributed by atoms with E-state index in [-0.39, 0.29) is 5.91 Å². The van der Waals surface area contributed by atoms with Crippen molar-refractivity contribution in [2.75, 3.05) is 39.3 Å². The maximum absolute atomic E-state index is 12.8. The van der Waals surface area contributed by atoms with Gasteiger partial charge >= 0.3 is 11.8 Å². The molecule has 0 N–H and O–H groups in total. The molecule has 2 saturated heterocycles. The minimum Gasteiger partial charge on any atom is -0.481 e. The van der Waals surface area contributed by atoms with Crippen LogP contribution >= 0.6 is 0 Å². The minimum absolute atomic E-state index is 0.0986. The first-order chi connectivity index (χ1) is 14.3. The van der Waals surface area contributed by atoms with E-state index < -0.39 is 17.9 Å². The van der Waals surface area contributed by atoms with Crippen LogP contribution in [-0.4, -0.2) is 77.8 Å². The Balaban J connectivity index is 1.51. The second-order valence-corrected chi connectivity index (χ2v) is 8.55. The predicted octanol–water partition coefficient (Wildman–Crippen LogP) is 2.18. The van der Waals surface area contributed by atoms with Gasteiger partial charge in [-0.1, -0.05) is 19.9 Å². The van der Waals surface area contributed by atoms with Crippen LogP contribution in [0.5, 0.6) is 5.75 Å². The second kappa shape index (κ2) is 9.49. The largest absolute Gasteiger partial charge is 0.481 e. The molecule has 0 aromatic heterocycles. The predicted molar refractivity (Wildman–Crippen MR) is 114 cm³/mol. The number of carbonyl (C=O) groups excluding carboxylic acids is 3. The Kier molecular flexibility index (Phi) is 7.00. The van der Waals surface area contributed by atoms with Gasteiger partial charge < -0.3 is 19.4 Å². The molecule has 2 heterocycles. The van der Waals surface area contributed by atoms with Gasteiger partial charge in [-0.25, -0.2) is 0 Å². The third kappa shape index (κ3) is 4.94. The highest BCUT2D eigenvalue weighted by atomic mass is 16.5. The van der Waals surface area contributed by atoms with E-state index in [0.717, 1.165) is 18.4 Å². The first-order valence-electron chi connectivity index (χ1n) is 10.9. The summed E-state index contributed by atoms with van der Waals surface area (Å²) in [6.45, 7) is 11.0. The molecular weight excluding hydrogens is 382 g/mol. The normalized spacial score (nSPS) is 18.0. The fourth-order valence-corrected chi connectivity index (χ4v) is 4.20. The standard InChI is InChI=1S/C23H33N3O4/c1-16(2)20-8-7-19(15-17(20)3)30-18(4)21(27)25-11-13-26(14-12-25)23(29)22(28)24-9-5-6-10-24/h7-8,15-16,18H,5-6,9-14H2,1-4H3. The number of benzene rings is 1. The number of nitrogens with zero attached hydrogens (tertiary/aromatic N) is 3. The fourth-order valence-electron chi connectivity index (χ4n) is 4.20. The van der Waals surface area contributed by atoms with Crippen LogP contribution in [0.3, 0.4) is 0 Å². The van der Waals surface area contributed by atoms with Crippen LogP contribution in [0.15, 0.2) is 18.2 Å². The third-order valence-electron chi connectivity index (χ3n) is 5.98. The number of rotatable bonds is 4. The summed E-state index contributed by atoms with van der Waals surface area (Å²) in [5, 5.41) is 0. The minimum atomic E-state index is -0.609. The van der Waals surface area contributed by atoms with Crippen molar-refractivity contribution in [2.24, 2.45) is 0 Å². The number of aryl methyl sites for hydroxylation is 1. The number of hydrogen-bond acceptors (Lipinski definition) is 4. The highest BCUT2D eigenvalue weighted by Gasteiger charge is 2.33. The van der Waals surface area contributed by atoms with Crippen LogP contribution in [0.2, 0.25) is 0 Å². The van der Waals surface area contributed by atoms with E-state index in [1.807, 2.05) is 25.1 Å². The lowest BCUT2D eigenvalue weighted by Crippen LogP contribution is -2.55. The summed E-state index contributed by atoms with van der Waals surface area (Å²) in [4.78, 5) is 42.5. The molecule has 3 amide bonds. The number of hydrogen-bond donors (Lipinski definition) is 0. The highest BCUT2D eigenvalue weighted by Crippen LogP contribution is 2.24. The molecule has 0 bridgehead atoms. The van der Waals surface area contributed by atoms with Crippen molar-refractivity contribution >= 4 is 17.7 Å². The fraction of sp³-hybridized carbons (Fsp3) is 0.609. The molecule has 2 aliphatic rings. The Hall–Kier alpha value is -2.57. The van der Waals surface area contributed by atoms with Crippen LogP contribution < -0.4 is 4.74 Å². The summed E-state index contributed by atoms with van der Waals surface area (Å²) >= 11 is 0. The molecule has 0 spiro atoms. The number of ether oxygens (including phenoxy) is 1. The van der Waals surface area contributed by atoms with Crippen molar-refractivity contribution in [3.63, 3.8) is 0 Å². The molecule has 7 heteroatoms. The number of carbonyl (C=O) groups is 3. The van der Waals surface area contributed by atoms with Crippen LogP contribution in [0.1, 0.15) is 50.7 Å². The van der Waals surface area contributed by atoms with Gasteiger partial charge in [0.1, 0.15) is 5.75 Å². The van der Waals surface area contributed by atoms with E-state index in [4.69, 9.17) is 4.74 Å². The van der Waals surface area contributed by atoms with Gasteiger partial charge in [0, 0.05) is 39.3 Å². The Bertz CT molecular complexity index is 794. The first kappa shape index (κ1) is 22.1. The van der Waals surface area contributed by atoms with Crippen LogP contribution in [0.4, 0.5) is 0 Å². The molecule has 2 fully saturated rings. The van der Waals surface area contributed by atoms with E-state index in [1.54, 1.807) is 21.6 Å². The van der Waals surface area contributed by atoms with Gasteiger partial charge in [-0.3, -0.25) is 14.4 Å². The molecule has 30 heavy (non-hydrogen) atoms. The summed E-state index contributed by atoms with van der Waals surface area (Å²) in [7, 11) is 0. The monoisotopic (exact) mass is 415 g/mol. The quantitative estimate of drug-likeness (QED) is 0.707. The van der Waals surface area contributed by atoms with Crippen molar-refractivity contribution < 1.29 is 19.1 Å². The summed E-state index contributed by atoms with van der Waals surface area (Å²) < 4.78 is 5.89.